The third-order valence-corrected chi connectivity index (χ3v) is 3.48. The molecule has 0 aliphatic heterocycles. The number of benzene rings is 1. The summed E-state index contributed by atoms with van der Waals surface area (Å²) >= 11 is 0. The van der Waals surface area contributed by atoms with Gasteiger partial charge in [0.2, 0.25) is 0 Å². The second-order valence-electron chi connectivity index (χ2n) is 4.96. The molecule has 3 aromatic rings. The van der Waals surface area contributed by atoms with E-state index < -0.39 is 0 Å². The summed E-state index contributed by atoms with van der Waals surface area (Å²) in [6, 6.07) is 13.3. The lowest BCUT2D eigenvalue weighted by atomic mass is 9.96. The maximum atomic E-state index is 12.4. The monoisotopic (exact) mass is 304 g/mol. The third-order valence-electron chi connectivity index (χ3n) is 3.48. The van der Waals surface area contributed by atoms with Crippen molar-refractivity contribution in [1.82, 2.24) is 9.97 Å². The molecule has 0 amide bonds. The zero-order valence-corrected chi connectivity index (χ0v) is 12.8. The van der Waals surface area contributed by atoms with E-state index in [0.29, 0.717) is 12.2 Å². The Morgan fingerprint density at radius 1 is 0.957 bits per heavy atom. The summed E-state index contributed by atoms with van der Waals surface area (Å²) < 4.78 is 5.21. The molecule has 0 spiro atoms. The molecule has 0 N–H and O–H groups in total. The first-order valence-corrected chi connectivity index (χ1v) is 7.41. The van der Waals surface area contributed by atoms with Gasteiger partial charge in [-0.3, -0.25) is 9.97 Å². The van der Waals surface area contributed by atoms with Gasteiger partial charge in [0.15, 0.2) is 0 Å². The van der Waals surface area contributed by atoms with Crippen molar-refractivity contribution >= 4 is 5.97 Å². The van der Waals surface area contributed by atoms with Crippen molar-refractivity contribution in [1.29, 1.82) is 0 Å². The van der Waals surface area contributed by atoms with Crippen LogP contribution in [-0.4, -0.2) is 22.5 Å². The summed E-state index contributed by atoms with van der Waals surface area (Å²) in [5.74, 6) is -0.336. The van der Waals surface area contributed by atoms with Crippen LogP contribution in [0, 0.1) is 0 Å². The summed E-state index contributed by atoms with van der Waals surface area (Å²) in [7, 11) is 0. The van der Waals surface area contributed by atoms with Crippen LogP contribution in [0.15, 0.2) is 67.3 Å². The standard InChI is InChI=1S/C19H16N2O2/c1-2-23-19(22)18-11-14(15-5-3-9-20-12-15)7-8-17(18)16-6-4-10-21-13-16/h3-13H,2H2,1H3. The van der Waals surface area contributed by atoms with Gasteiger partial charge >= 0.3 is 5.97 Å². The SMILES string of the molecule is CCOC(=O)c1cc(-c2cccnc2)ccc1-c1cccnc1. The lowest BCUT2D eigenvalue weighted by Gasteiger charge is -2.11. The Morgan fingerprint density at radius 2 is 1.65 bits per heavy atom. The van der Waals surface area contributed by atoms with E-state index >= 15 is 0 Å². The zero-order chi connectivity index (χ0) is 16.1. The van der Waals surface area contributed by atoms with Gasteiger partial charge in [-0.15, -0.1) is 0 Å². The largest absolute Gasteiger partial charge is 0.462 e. The molecule has 0 unspecified atom stereocenters. The fourth-order valence-electron chi connectivity index (χ4n) is 2.41. The Kier molecular flexibility index (Phi) is 4.43. The van der Waals surface area contributed by atoms with E-state index in [-0.39, 0.29) is 5.97 Å². The normalized spacial score (nSPS) is 10.3. The van der Waals surface area contributed by atoms with Gasteiger partial charge in [0.05, 0.1) is 12.2 Å². The molecule has 114 valence electrons. The molecule has 0 saturated heterocycles. The minimum absolute atomic E-state index is 0.336. The maximum Gasteiger partial charge on any atom is 0.338 e. The van der Waals surface area contributed by atoms with E-state index in [1.807, 2.05) is 42.5 Å². The van der Waals surface area contributed by atoms with Crippen molar-refractivity contribution < 1.29 is 9.53 Å². The van der Waals surface area contributed by atoms with E-state index in [0.717, 1.165) is 22.3 Å². The van der Waals surface area contributed by atoms with Crippen LogP contribution in [0.5, 0.6) is 0 Å². The van der Waals surface area contributed by atoms with Crippen LogP contribution in [0.25, 0.3) is 22.3 Å². The molecule has 3 rings (SSSR count). The van der Waals surface area contributed by atoms with Crippen molar-refractivity contribution in [3.8, 4) is 22.3 Å². The second-order valence-corrected chi connectivity index (χ2v) is 4.96. The number of carbonyl (C=O) groups excluding carboxylic acids is 1. The van der Waals surface area contributed by atoms with E-state index in [1.54, 1.807) is 31.7 Å². The second kappa shape index (κ2) is 6.83. The molecule has 23 heavy (non-hydrogen) atoms. The van der Waals surface area contributed by atoms with Crippen LogP contribution >= 0.6 is 0 Å². The van der Waals surface area contributed by atoms with Gasteiger partial charge < -0.3 is 4.74 Å². The van der Waals surface area contributed by atoms with Crippen molar-refractivity contribution in [2.24, 2.45) is 0 Å². The highest BCUT2D eigenvalue weighted by Crippen LogP contribution is 2.29. The quantitative estimate of drug-likeness (QED) is 0.684. The molecule has 4 nitrogen and oxygen atoms in total. The average Bonchev–Trinajstić information content (AvgIpc) is 2.63. The minimum atomic E-state index is -0.336. The predicted molar refractivity (Wildman–Crippen MR) is 88.9 cm³/mol. The molecule has 0 saturated carbocycles. The van der Waals surface area contributed by atoms with E-state index in [1.165, 1.54) is 0 Å². The molecule has 0 aliphatic carbocycles. The van der Waals surface area contributed by atoms with Crippen LogP contribution in [0.3, 0.4) is 0 Å². The minimum Gasteiger partial charge on any atom is -0.462 e. The number of carbonyl (C=O) groups is 1. The van der Waals surface area contributed by atoms with E-state index in [9.17, 15) is 4.79 Å². The lowest BCUT2D eigenvalue weighted by Crippen LogP contribution is -2.07. The molecular weight excluding hydrogens is 288 g/mol. The highest BCUT2D eigenvalue weighted by atomic mass is 16.5. The molecule has 4 heteroatoms. The average molecular weight is 304 g/mol. The van der Waals surface area contributed by atoms with Gasteiger partial charge in [0.25, 0.3) is 0 Å². The molecule has 0 aliphatic rings. The Labute approximate surface area is 134 Å². The molecule has 2 heterocycles. The fourth-order valence-corrected chi connectivity index (χ4v) is 2.41. The number of hydrogen-bond donors (Lipinski definition) is 0. The van der Waals surface area contributed by atoms with Gasteiger partial charge in [-0.1, -0.05) is 24.3 Å². The summed E-state index contributed by atoms with van der Waals surface area (Å²) in [4.78, 5) is 20.6. The molecule has 0 atom stereocenters. The Morgan fingerprint density at radius 3 is 2.26 bits per heavy atom. The molecular formula is C19H16N2O2. The van der Waals surface area contributed by atoms with E-state index in [2.05, 4.69) is 9.97 Å². The van der Waals surface area contributed by atoms with Crippen LogP contribution in [0.1, 0.15) is 17.3 Å². The van der Waals surface area contributed by atoms with Gasteiger partial charge in [0.1, 0.15) is 0 Å². The van der Waals surface area contributed by atoms with Gasteiger partial charge in [-0.2, -0.15) is 0 Å². The molecule has 0 radical (unpaired) electrons. The van der Waals surface area contributed by atoms with Crippen LogP contribution in [0.2, 0.25) is 0 Å². The zero-order valence-electron chi connectivity index (χ0n) is 12.8. The first kappa shape index (κ1) is 14.9. The third kappa shape index (κ3) is 3.26. The molecule has 0 fully saturated rings. The number of rotatable bonds is 4. The van der Waals surface area contributed by atoms with Gasteiger partial charge in [0, 0.05) is 35.9 Å². The fraction of sp³-hybridized carbons (Fsp3) is 0.105. The van der Waals surface area contributed by atoms with Crippen molar-refractivity contribution in [2.45, 2.75) is 6.92 Å². The summed E-state index contributed by atoms with van der Waals surface area (Å²) in [5, 5.41) is 0. The summed E-state index contributed by atoms with van der Waals surface area (Å²) in [5.41, 5.74) is 4.10. The lowest BCUT2D eigenvalue weighted by molar-refractivity contribution is 0.0527. The highest BCUT2D eigenvalue weighted by Gasteiger charge is 2.15. The summed E-state index contributed by atoms with van der Waals surface area (Å²) in [6.07, 6.45) is 6.94. The summed E-state index contributed by atoms with van der Waals surface area (Å²) in [6.45, 7) is 2.13. The van der Waals surface area contributed by atoms with E-state index in [4.69, 9.17) is 4.74 Å². The molecule has 2 aromatic heterocycles. The number of nitrogens with zero attached hydrogens (tertiary/aromatic N) is 2. The van der Waals surface area contributed by atoms with Crippen molar-refractivity contribution in [3.05, 3.63) is 72.8 Å². The van der Waals surface area contributed by atoms with Crippen LogP contribution in [0.4, 0.5) is 0 Å². The maximum absolute atomic E-state index is 12.4. The Hall–Kier alpha value is -3.01. The van der Waals surface area contributed by atoms with Gasteiger partial charge in [-0.05, 0) is 36.2 Å². The number of hydrogen-bond acceptors (Lipinski definition) is 4. The first-order valence-electron chi connectivity index (χ1n) is 7.41. The predicted octanol–water partition coefficient (Wildman–Crippen LogP) is 3.99. The van der Waals surface area contributed by atoms with Crippen LogP contribution < -0.4 is 0 Å². The number of ether oxygens (including phenoxy) is 1. The number of pyridine rings is 2. The Balaban J connectivity index is 2.12. The molecule has 1 aromatic carbocycles. The first-order chi connectivity index (χ1) is 11.3. The molecule has 0 bridgehead atoms. The van der Waals surface area contributed by atoms with Crippen molar-refractivity contribution in [2.75, 3.05) is 6.61 Å². The van der Waals surface area contributed by atoms with Gasteiger partial charge in [-0.25, -0.2) is 4.79 Å². The van der Waals surface area contributed by atoms with Crippen molar-refractivity contribution in [3.63, 3.8) is 0 Å². The number of aromatic nitrogens is 2. The topological polar surface area (TPSA) is 52.1 Å². The highest BCUT2D eigenvalue weighted by molar-refractivity contribution is 5.98. The Bertz CT molecular complexity index is 802. The van der Waals surface area contributed by atoms with Crippen LogP contribution in [-0.2, 0) is 4.74 Å². The number of esters is 1. The smallest absolute Gasteiger partial charge is 0.338 e.